The first-order chi connectivity index (χ1) is 7.06. The van der Waals surface area contributed by atoms with Gasteiger partial charge < -0.3 is 9.84 Å². The summed E-state index contributed by atoms with van der Waals surface area (Å²) in [5, 5.41) is 9.20. The van der Waals surface area contributed by atoms with Crippen LogP contribution in [0.25, 0.3) is 5.57 Å². The molecule has 1 N–H and O–H groups in total. The van der Waals surface area contributed by atoms with Crippen molar-refractivity contribution in [1.82, 2.24) is 0 Å². The maximum atomic E-state index is 13.5. The molecule has 0 saturated heterocycles. The molecule has 0 bridgehead atoms. The molecule has 0 aromatic heterocycles. The van der Waals surface area contributed by atoms with Gasteiger partial charge in [-0.25, -0.2) is 4.39 Å². The van der Waals surface area contributed by atoms with Crippen LogP contribution in [0.1, 0.15) is 19.4 Å². The highest BCUT2D eigenvalue weighted by Gasteiger charge is 2.10. The monoisotopic (exact) mass is 210 g/mol. The molecule has 0 aliphatic heterocycles. The van der Waals surface area contributed by atoms with Crippen LogP contribution in [0.5, 0.6) is 5.75 Å². The van der Waals surface area contributed by atoms with Gasteiger partial charge >= 0.3 is 0 Å². The number of aliphatic hydroxyl groups is 1. The lowest BCUT2D eigenvalue weighted by atomic mass is 10.0. The molecule has 0 radical (unpaired) electrons. The number of benzene rings is 1. The lowest BCUT2D eigenvalue weighted by molar-refractivity contribution is 0.244. The highest BCUT2D eigenvalue weighted by Crippen LogP contribution is 2.28. The standard InChI is InChI=1S/C12H15FO2/c1-8(7-9(2)14)12-10(13)5-4-6-11(12)15-3/h4-7,9,14H,1-3H3/b8-7+. The summed E-state index contributed by atoms with van der Waals surface area (Å²) >= 11 is 0. The number of hydrogen-bond donors (Lipinski definition) is 1. The van der Waals surface area contributed by atoms with Gasteiger partial charge in [-0.3, -0.25) is 0 Å². The number of allylic oxidation sites excluding steroid dienone is 1. The molecule has 1 rings (SSSR count). The van der Waals surface area contributed by atoms with Crippen molar-refractivity contribution in [3.8, 4) is 5.75 Å². The van der Waals surface area contributed by atoms with E-state index >= 15 is 0 Å². The van der Waals surface area contributed by atoms with Gasteiger partial charge in [-0.05, 0) is 31.6 Å². The zero-order valence-corrected chi connectivity index (χ0v) is 9.12. The average molecular weight is 210 g/mol. The molecule has 0 saturated carbocycles. The van der Waals surface area contributed by atoms with Gasteiger partial charge in [-0.15, -0.1) is 0 Å². The summed E-state index contributed by atoms with van der Waals surface area (Å²) in [6.07, 6.45) is 0.982. The molecular weight excluding hydrogens is 195 g/mol. The van der Waals surface area contributed by atoms with Crippen molar-refractivity contribution in [2.24, 2.45) is 0 Å². The van der Waals surface area contributed by atoms with E-state index in [1.54, 1.807) is 32.1 Å². The van der Waals surface area contributed by atoms with Gasteiger partial charge in [0.2, 0.25) is 0 Å². The highest BCUT2D eigenvalue weighted by atomic mass is 19.1. The summed E-state index contributed by atoms with van der Waals surface area (Å²) < 4.78 is 18.6. The molecule has 15 heavy (non-hydrogen) atoms. The molecule has 1 aromatic carbocycles. The molecule has 2 nitrogen and oxygen atoms in total. The van der Waals surface area contributed by atoms with Crippen molar-refractivity contribution in [3.63, 3.8) is 0 Å². The Morgan fingerprint density at radius 2 is 2.20 bits per heavy atom. The largest absolute Gasteiger partial charge is 0.496 e. The minimum atomic E-state index is -0.602. The molecule has 0 heterocycles. The Labute approximate surface area is 89.0 Å². The lowest BCUT2D eigenvalue weighted by Gasteiger charge is -2.10. The molecule has 3 heteroatoms. The first-order valence-corrected chi connectivity index (χ1v) is 4.75. The fourth-order valence-electron chi connectivity index (χ4n) is 1.50. The van der Waals surface area contributed by atoms with Crippen molar-refractivity contribution >= 4 is 5.57 Å². The van der Waals surface area contributed by atoms with E-state index in [1.807, 2.05) is 0 Å². The van der Waals surface area contributed by atoms with Crippen LogP contribution in [0.3, 0.4) is 0 Å². The maximum absolute atomic E-state index is 13.5. The topological polar surface area (TPSA) is 29.5 Å². The fraction of sp³-hybridized carbons (Fsp3) is 0.333. The Bertz CT molecular complexity index is 370. The SMILES string of the molecule is COc1cccc(F)c1/C(C)=C/C(C)O. The van der Waals surface area contributed by atoms with Gasteiger partial charge in [0.1, 0.15) is 11.6 Å². The molecule has 0 aliphatic carbocycles. The van der Waals surface area contributed by atoms with E-state index in [4.69, 9.17) is 4.74 Å². The van der Waals surface area contributed by atoms with E-state index in [1.165, 1.54) is 13.2 Å². The number of methoxy groups -OCH3 is 1. The van der Waals surface area contributed by atoms with Crippen LogP contribution in [0.2, 0.25) is 0 Å². The van der Waals surface area contributed by atoms with Crippen molar-refractivity contribution in [2.75, 3.05) is 7.11 Å². The number of rotatable bonds is 3. The molecule has 0 spiro atoms. The van der Waals surface area contributed by atoms with Crippen molar-refractivity contribution < 1.29 is 14.2 Å². The first kappa shape index (κ1) is 11.7. The van der Waals surface area contributed by atoms with E-state index in [2.05, 4.69) is 0 Å². The first-order valence-electron chi connectivity index (χ1n) is 4.75. The van der Waals surface area contributed by atoms with Crippen molar-refractivity contribution in [3.05, 3.63) is 35.7 Å². The van der Waals surface area contributed by atoms with Crippen molar-refractivity contribution in [2.45, 2.75) is 20.0 Å². The smallest absolute Gasteiger partial charge is 0.134 e. The maximum Gasteiger partial charge on any atom is 0.134 e. The van der Waals surface area contributed by atoms with Crippen molar-refractivity contribution in [1.29, 1.82) is 0 Å². The Balaban J connectivity index is 3.23. The van der Waals surface area contributed by atoms with Crippen LogP contribution in [0, 0.1) is 5.82 Å². The third-order valence-electron chi connectivity index (χ3n) is 2.08. The quantitative estimate of drug-likeness (QED) is 0.831. The van der Waals surface area contributed by atoms with Crippen LogP contribution in [0.15, 0.2) is 24.3 Å². The zero-order valence-electron chi connectivity index (χ0n) is 9.12. The predicted octanol–water partition coefficient (Wildman–Crippen LogP) is 2.62. The number of aliphatic hydroxyl groups excluding tert-OH is 1. The third-order valence-corrected chi connectivity index (χ3v) is 2.08. The van der Waals surface area contributed by atoms with Gasteiger partial charge in [0, 0.05) is 0 Å². The van der Waals surface area contributed by atoms with E-state index < -0.39 is 6.10 Å². The molecule has 82 valence electrons. The van der Waals surface area contributed by atoms with Gasteiger partial charge in [0.15, 0.2) is 0 Å². The Morgan fingerprint density at radius 3 is 2.73 bits per heavy atom. The van der Waals surface area contributed by atoms with Gasteiger partial charge in [-0.1, -0.05) is 12.1 Å². The van der Waals surface area contributed by atoms with E-state index in [9.17, 15) is 9.50 Å². The summed E-state index contributed by atoms with van der Waals surface area (Å²) in [6, 6.07) is 4.66. The van der Waals surface area contributed by atoms with Crippen LogP contribution in [0.4, 0.5) is 4.39 Å². The van der Waals surface area contributed by atoms with Crippen LogP contribution >= 0.6 is 0 Å². The second kappa shape index (κ2) is 4.94. The van der Waals surface area contributed by atoms with E-state index in [0.29, 0.717) is 16.9 Å². The Kier molecular flexibility index (Phi) is 3.86. The number of halogens is 1. The van der Waals surface area contributed by atoms with Crippen LogP contribution in [-0.4, -0.2) is 18.3 Å². The fourth-order valence-corrected chi connectivity index (χ4v) is 1.50. The molecule has 1 aromatic rings. The molecule has 1 atom stereocenters. The second-order valence-corrected chi connectivity index (χ2v) is 3.41. The predicted molar refractivity (Wildman–Crippen MR) is 58.3 cm³/mol. The number of ether oxygens (including phenoxy) is 1. The Morgan fingerprint density at radius 1 is 1.53 bits per heavy atom. The molecule has 0 amide bonds. The molecule has 1 unspecified atom stereocenters. The zero-order chi connectivity index (χ0) is 11.4. The third kappa shape index (κ3) is 2.80. The minimum absolute atomic E-state index is 0.344. The minimum Gasteiger partial charge on any atom is -0.496 e. The van der Waals surface area contributed by atoms with E-state index in [-0.39, 0.29) is 5.82 Å². The van der Waals surface area contributed by atoms with E-state index in [0.717, 1.165) is 0 Å². The summed E-state index contributed by atoms with van der Waals surface area (Å²) in [4.78, 5) is 0. The van der Waals surface area contributed by atoms with Crippen LogP contribution < -0.4 is 4.74 Å². The second-order valence-electron chi connectivity index (χ2n) is 3.41. The van der Waals surface area contributed by atoms with Gasteiger partial charge in [0.25, 0.3) is 0 Å². The number of hydrogen-bond acceptors (Lipinski definition) is 2. The molecule has 0 fully saturated rings. The summed E-state index contributed by atoms with van der Waals surface area (Å²) in [5.74, 6) is 0.133. The van der Waals surface area contributed by atoms with Gasteiger partial charge in [-0.2, -0.15) is 0 Å². The lowest BCUT2D eigenvalue weighted by Crippen LogP contribution is -1.98. The van der Waals surface area contributed by atoms with Gasteiger partial charge in [0.05, 0.1) is 18.8 Å². The molecule has 0 aliphatic rings. The Hall–Kier alpha value is -1.35. The normalized spacial score (nSPS) is 13.8. The summed E-state index contributed by atoms with van der Waals surface area (Å²) in [6.45, 7) is 3.37. The summed E-state index contributed by atoms with van der Waals surface area (Å²) in [7, 11) is 1.49. The highest BCUT2D eigenvalue weighted by molar-refractivity contribution is 5.69. The van der Waals surface area contributed by atoms with Crippen LogP contribution in [-0.2, 0) is 0 Å². The molecular formula is C12H15FO2. The average Bonchev–Trinajstić information content (AvgIpc) is 2.15. The summed E-state index contributed by atoms with van der Waals surface area (Å²) in [5.41, 5.74) is 1.07.